The highest BCUT2D eigenvalue weighted by Gasteiger charge is 2.14. The van der Waals surface area contributed by atoms with Crippen molar-refractivity contribution in [1.82, 2.24) is 14.5 Å². The molecule has 0 radical (unpaired) electrons. The first-order valence-electron chi connectivity index (χ1n) is 11.9. The zero-order valence-electron chi connectivity index (χ0n) is 19.7. The fourth-order valence-corrected chi connectivity index (χ4v) is 4.54. The maximum Gasteiger partial charge on any atom is 0.219 e. The molecule has 0 atom stereocenters. The molecule has 170 valence electrons. The molecule has 4 nitrogen and oxygen atoms in total. The van der Waals surface area contributed by atoms with E-state index in [-0.39, 0.29) is 0 Å². The molecule has 0 spiro atoms. The molecule has 6 rings (SSSR count). The normalized spacial score (nSPS) is 11.4. The Morgan fingerprint density at radius 3 is 2.31 bits per heavy atom. The summed E-state index contributed by atoms with van der Waals surface area (Å²) in [6, 6.07) is 33.3. The summed E-state index contributed by atoms with van der Waals surface area (Å²) >= 11 is 0. The van der Waals surface area contributed by atoms with Gasteiger partial charge in [-0.1, -0.05) is 68.4 Å². The van der Waals surface area contributed by atoms with Crippen LogP contribution in [-0.2, 0) is 0 Å². The average Bonchev–Trinajstić information content (AvgIpc) is 3.23. The van der Waals surface area contributed by atoms with Crippen molar-refractivity contribution in [2.75, 3.05) is 0 Å². The molecule has 3 aromatic heterocycles. The number of fused-ring (bicyclic) bond motifs is 3. The SMILES string of the molecule is CC(C)c1ccc(Oc2cccc(-c3ccc4c5ccccc5n(-c5ccccn5)c4c3)c2)nc1. The number of hydrogen-bond acceptors (Lipinski definition) is 3. The first kappa shape index (κ1) is 21.1. The van der Waals surface area contributed by atoms with Gasteiger partial charge in [0, 0.05) is 29.2 Å². The van der Waals surface area contributed by atoms with E-state index in [9.17, 15) is 0 Å². The fraction of sp³-hybridized carbons (Fsp3) is 0.0968. The number of benzene rings is 3. The topological polar surface area (TPSA) is 39.9 Å². The molecule has 0 amide bonds. The number of ether oxygens (including phenoxy) is 1. The summed E-state index contributed by atoms with van der Waals surface area (Å²) in [6.45, 7) is 4.32. The van der Waals surface area contributed by atoms with Crippen LogP contribution in [0, 0.1) is 0 Å². The molecule has 0 aliphatic carbocycles. The number of para-hydroxylation sites is 1. The van der Waals surface area contributed by atoms with Gasteiger partial charge in [0.15, 0.2) is 0 Å². The standard InChI is InChI=1S/C31H25N3O/c1-21(2)24-14-16-31(33-20-24)35-25-9-7-8-22(18-25)23-13-15-27-26-10-3-4-11-28(26)34(29(27)19-23)30-12-5-6-17-32-30/h3-21H,1-2H3. The van der Waals surface area contributed by atoms with Gasteiger partial charge in [-0.05, 0) is 59.0 Å². The Labute approximate surface area is 204 Å². The Morgan fingerprint density at radius 2 is 1.51 bits per heavy atom. The maximum absolute atomic E-state index is 6.08. The van der Waals surface area contributed by atoms with Gasteiger partial charge < -0.3 is 4.74 Å². The van der Waals surface area contributed by atoms with Crippen LogP contribution in [0.4, 0.5) is 0 Å². The van der Waals surface area contributed by atoms with Crippen LogP contribution in [0.3, 0.4) is 0 Å². The molecule has 3 heterocycles. The molecule has 0 saturated carbocycles. The van der Waals surface area contributed by atoms with E-state index in [1.54, 1.807) is 0 Å². The lowest BCUT2D eigenvalue weighted by molar-refractivity contribution is 0.462. The monoisotopic (exact) mass is 455 g/mol. The van der Waals surface area contributed by atoms with E-state index in [4.69, 9.17) is 4.74 Å². The van der Waals surface area contributed by atoms with E-state index >= 15 is 0 Å². The lowest BCUT2D eigenvalue weighted by atomic mass is 10.0. The van der Waals surface area contributed by atoms with Crippen LogP contribution in [0.5, 0.6) is 11.6 Å². The van der Waals surface area contributed by atoms with E-state index in [0.717, 1.165) is 33.7 Å². The van der Waals surface area contributed by atoms with Gasteiger partial charge in [-0.25, -0.2) is 9.97 Å². The van der Waals surface area contributed by atoms with E-state index < -0.39 is 0 Å². The minimum absolute atomic E-state index is 0.441. The minimum Gasteiger partial charge on any atom is -0.439 e. The van der Waals surface area contributed by atoms with Crippen molar-refractivity contribution in [2.24, 2.45) is 0 Å². The van der Waals surface area contributed by atoms with Gasteiger partial charge in [0.1, 0.15) is 11.6 Å². The average molecular weight is 456 g/mol. The first-order chi connectivity index (χ1) is 17.2. The largest absolute Gasteiger partial charge is 0.439 e. The number of hydrogen-bond donors (Lipinski definition) is 0. The van der Waals surface area contributed by atoms with Gasteiger partial charge in [-0.15, -0.1) is 0 Å². The third kappa shape index (κ3) is 3.93. The lowest BCUT2D eigenvalue weighted by Gasteiger charge is -2.10. The fourth-order valence-electron chi connectivity index (χ4n) is 4.54. The van der Waals surface area contributed by atoms with Crippen LogP contribution in [0.2, 0.25) is 0 Å². The van der Waals surface area contributed by atoms with Crippen molar-refractivity contribution in [3.8, 4) is 28.6 Å². The predicted octanol–water partition coefficient (Wildman–Crippen LogP) is 8.16. The van der Waals surface area contributed by atoms with Crippen molar-refractivity contribution in [1.29, 1.82) is 0 Å². The van der Waals surface area contributed by atoms with E-state index in [0.29, 0.717) is 11.8 Å². The van der Waals surface area contributed by atoms with Gasteiger partial charge in [-0.2, -0.15) is 0 Å². The van der Waals surface area contributed by atoms with Crippen LogP contribution in [-0.4, -0.2) is 14.5 Å². The van der Waals surface area contributed by atoms with Crippen LogP contribution in [0.1, 0.15) is 25.3 Å². The van der Waals surface area contributed by atoms with Crippen molar-refractivity contribution < 1.29 is 4.74 Å². The van der Waals surface area contributed by atoms with Gasteiger partial charge in [-0.3, -0.25) is 4.57 Å². The maximum atomic E-state index is 6.08. The highest BCUT2D eigenvalue weighted by atomic mass is 16.5. The third-order valence-electron chi connectivity index (χ3n) is 6.37. The Bertz CT molecular complexity index is 1630. The van der Waals surface area contributed by atoms with E-state index in [2.05, 4.69) is 89.0 Å². The molecule has 6 aromatic rings. The molecule has 3 aromatic carbocycles. The summed E-state index contributed by atoms with van der Waals surface area (Å²) in [7, 11) is 0. The molecule has 0 N–H and O–H groups in total. The summed E-state index contributed by atoms with van der Waals surface area (Å²) in [5.74, 6) is 2.70. The third-order valence-corrected chi connectivity index (χ3v) is 6.37. The predicted molar refractivity (Wildman–Crippen MR) is 142 cm³/mol. The molecule has 35 heavy (non-hydrogen) atoms. The Balaban J connectivity index is 1.42. The second-order valence-electron chi connectivity index (χ2n) is 8.99. The molecular weight excluding hydrogens is 430 g/mol. The second-order valence-corrected chi connectivity index (χ2v) is 8.99. The zero-order valence-corrected chi connectivity index (χ0v) is 19.7. The molecule has 0 saturated heterocycles. The summed E-state index contributed by atoms with van der Waals surface area (Å²) in [5, 5.41) is 2.42. The number of aromatic nitrogens is 3. The number of rotatable bonds is 5. The van der Waals surface area contributed by atoms with E-state index in [1.165, 1.54) is 16.3 Å². The Hall–Kier alpha value is -4.44. The first-order valence-corrected chi connectivity index (χ1v) is 11.9. The van der Waals surface area contributed by atoms with Gasteiger partial charge in [0.25, 0.3) is 0 Å². The molecule has 0 aliphatic rings. The summed E-state index contributed by atoms with van der Waals surface area (Å²) < 4.78 is 8.31. The number of nitrogens with zero attached hydrogens (tertiary/aromatic N) is 3. The Kier molecular flexibility index (Phi) is 5.27. The second kappa shape index (κ2) is 8.73. The summed E-state index contributed by atoms with van der Waals surface area (Å²) in [4.78, 5) is 9.11. The van der Waals surface area contributed by atoms with Crippen molar-refractivity contribution in [3.05, 3.63) is 115 Å². The van der Waals surface area contributed by atoms with Gasteiger partial charge >= 0.3 is 0 Å². The highest BCUT2D eigenvalue weighted by Crippen LogP contribution is 2.35. The van der Waals surface area contributed by atoms with Gasteiger partial charge in [0.2, 0.25) is 5.88 Å². The van der Waals surface area contributed by atoms with Crippen LogP contribution in [0.25, 0.3) is 38.8 Å². The number of pyridine rings is 2. The molecule has 0 bridgehead atoms. The van der Waals surface area contributed by atoms with Gasteiger partial charge in [0.05, 0.1) is 11.0 Å². The quantitative estimate of drug-likeness (QED) is 0.263. The van der Waals surface area contributed by atoms with Crippen LogP contribution >= 0.6 is 0 Å². The van der Waals surface area contributed by atoms with Crippen molar-refractivity contribution >= 4 is 21.8 Å². The van der Waals surface area contributed by atoms with Crippen molar-refractivity contribution in [3.63, 3.8) is 0 Å². The van der Waals surface area contributed by atoms with Crippen LogP contribution in [0.15, 0.2) is 109 Å². The molecular formula is C31H25N3O. The lowest BCUT2D eigenvalue weighted by Crippen LogP contribution is -1.96. The van der Waals surface area contributed by atoms with E-state index in [1.807, 2.05) is 48.8 Å². The molecule has 4 heteroatoms. The zero-order chi connectivity index (χ0) is 23.8. The summed E-state index contributed by atoms with van der Waals surface area (Å²) in [6.07, 6.45) is 3.72. The Morgan fingerprint density at radius 1 is 0.686 bits per heavy atom. The summed E-state index contributed by atoms with van der Waals surface area (Å²) in [5.41, 5.74) is 5.67. The van der Waals surface area contributed by atoms with Crippen molar-refractivity contribution in [2.45, 2.75) is 19.8 Å². The molecule has 0 fully saturated rings. The highest BCUT2D eigenvalue weighted by molar-refractivity contribution is 6.10. The van der Waals surface area contributed by atoms with Crippen LogP contribution < -0.4 is 4.74 Å². The molecule has 0 aliphatic heterocycles. The smallest absolute Gasteiger partial charge is 0.219 e. The minimum atomic E-state index is 0.441. The molecule has 0 unspecified atom stereocenters.